The van der Waals surface area contributed by atoms with Crippen LogP contribution in [0.25, 0.3) is 6.08 Å². The summed E-state index contributed by atoms with van der Waals surface area (Å²) in [5.41, 5.74) is 5.91. The highest BCUT2D eigenvalue weighted by atomic mass is 32.2. The topological polar surface area (TPSA) is 48.4 Å². The lowest BCUT2D eigenvalue weighted by Gasteiger charge is -2.50. The third-order valence-electron chi connectivity index (χ3n) is 7.77. The van der Waals surface area contributed by atoms with Crippen LogP contribution in [-0.4, -0.2) is 60.4 Å². The van der Waals surface area contributed by atoms with E-state index in [9.17, 15) is 4.79 Å². The van der Waals surface area contributed by atoms with Crippen LogP contribution in [0, 0.1) is 0 Å². The van der Waals surface area contributed by atoms with Gasteiger partial charge in [-0.2, -0.15) is 0 Å². The number of ether oxygens (including phenoxy) is 1. The van der Waals surface area contributed by atoms with Crippen LogP contribution < -0.4 is 9.80 Å². The lowest BCUT2D eigenvalue weighted by molar-refractivity contribution is -0.122. The number of anilines is 2. The first kappa shape index (κ1) is 26.8. The maximum Gasteiger partial charge on any atom is 0.266 e. The van der Waals surface area contributed by atoms with Crippen molar-refractivity contribution in [2.75, 3.05) is 42.6 Å². The summed E-state index contributed by atoms with van der Waals surface area (Å²) in [6.07, 6.45) is 3.14. The van der Waals surface area contributed by atoms with Crippen LogP contribution in [0.1, 0.15) is 65.0 Å². The summed E-state index contributed by atoms with van der Waals surface area (Å²) in [4.78, 5) is 25.5. The normalized spacial score (nSPS) is 23.6. The third-order valence-corrected chi connectivity index (χ3v) is 8.78. The molecule has 3 aliphatic rings. The molecule has 1 atom stereocenters. The summed E-state index contributed by atoms with van der Waals surface area (Å²) in [7, 11) is 0. The quantitative estimate of drug-likeness (QED) is 0.404. The Labute approximate surface area is 231 Å². The Bertz CT molecular complexity index is 1250. The van der Waals surface area contributed by atoms with Gasteiger partial charge < -0.3 is 14.5 Å². The standard InChI is InChI=1S/C31H40N4O2S/c1-7-34-29(36)28(38-30(34)32-24-9-11-25(12-10-24)33-14-16-37-17-15-33)19-23-8-13-27-26(18-23)22(4)20-31(5,6)35(27)21(2)3/h8-13,18-19,21-22H,7,14-17,20H2,1-6H3/b28-19-,32-30?/t22-/m1/s1. The number of amidine groups is 1. The van der Waals surface area contributed by atoms with Crippen LogP contribution >= 0.6 is 11.8 Å². The first-order valence-electron chi connectivity index (χ1n) is 13.8. The minimum Gasteiger partial charge on any atom is -0.378 e. The molecule has 202 valence electrons. The molecule has 0 radical (unpaired) electrons. The lowest BCUT2D eigenvalue weighted by atomic mass is 9.79. The second kappa shape index (κ2) is 10.8. The van der Waals surface area contributed by atoms with Crippen molar-refractivity contribution in [2.45, 2.75) is 65.5 Å². The van der Waals surface area contributed by atoms with E-state index in [1.807, 2.05) is 25.1 Å². The number of thioether (sulfide) groups is 1. The average molecular weight is 533 g/mol. The van der Waals surface area contributed by atoms with E-state index in [0.29, 0.717) is 18.5 Å². The predicted molar refractivity (Wildman–Crippen MR) is 161 cm³/mol. The zero-order valence-corrected chi connectivity index (χ0v) is 24.3. The number of hydrogen-bond donors (Lipinski definition) is 0. The molecule has 2 fully saturated rings. The van der Waals surface area contributed by atoms with Gasteiger partial charge in [-0.3, -0.25) is 9.69 Å². The van der Waals surface area contributed by atoms with Crippen LogP contribution in [-0.2, 0) is 9.53 Å². The van der Waals surface area contributed by atoms with Crippen LogP contribution in [0.5, 0.6) is 0 Å². The fourth-order valence-corrected chi connectivity index (χ4v) is 7.29. The number of benzene rings is 2. The van der Waals surface area contributed by atoms with Gasteiger partial charge in [0.1, 0.15) is 0 Å². The van der Waals surface area contributed by atoms with Gasteiger partial charge in [-0.05, 0) is 112 Å². The number of morpholine rings is 1. The Balaban J connectivity index is 1.39. The maximum absolute atomic E-state index is 13.3. The maximum atomic E-state index is 13.3. The fourth-order valence-electron chi connectivity index (χ4n) is 6.23. The zero-order valence-electron chi connectivity index (χ0n) is 23.5. The number of rotatable bonds is 5. The highest BCUT2D eigenvalue weighted by molar-refractivity contribution is 8.18. The highest BCUT2D eigenvalue weighted by Crippen LogP contribution is 2.45. The van der Waals surface area contributed by atoms with Gasteiger partial charge in [0.05, 0.1) is 23.8 Å². The molecule has 0 N–H and O–H groups in total. The van der Waals surface area contributed by atoms with E-state index in [-0.39, 0.29) is 11.4 Å². The molecular weight excluding hydrogens is 492 g/mol. The smallest absolute Gasteiger partial charge is 0.266 e. The highest BCUT2D eigenvalue weighted by Gasteiger charge is 2.38. The second-order valence-corrected chi connectivity index (χ2v) is 12.4. The van der Waals surface area contributed by atoms with Gasteiger partial charge in [-0.25, -0.2) is 4.99 Å². The fraction of sp³-hybridized carbons (Fsp3) is 0.484. The Morgan fingerprint density at radius 3 is 2.50 bits per heavy atom. The molecule has 0 spiro atoms. The molecule has 0 aliphatic carbocycles. The summed E-state index contributed by atoms with van der Waals surface area (Å²) in [5, 5.41) is 0.738. The van der Waals surface area contributed by atoms with Crippen molar-refractivity contribution in [3.05, 3.63) is 58.5 Å². The van der Waals surface area contributed by atoms with E-state index in [1.165, 1.54) is 28.7 Å². The molecule has 2 saturated heterocycles. The van der Waals surface area contributed by atoms with E-state index in [4.69, 9.17) is 9.73 Å². The molecule has 2 aromatic rings. The minimum absolute atomic E-state index is 0.0249. The monoisotopic (exact) mass is 532 g/mol. The molecule has 1 amide bonds. The first-order valence-corrected chi connectivity index (χ1v) is 14.7. The number of hydrogen-bond acceptors (Lipinski definition) is 6. The second-order valence-electron chi connectivity index (χ2n) is 11.4. The number of fused-ring (bicyclic) bond motifs is 1. The molecule has 7 heteroatoms. The van der Waals surface area contributed by atoms with Crippen LogP contribution in [0.4, 0.5) is 17.1 Å². The average Bonchev–Trinajstić information content (AvgIpc) is 3.18. The molecule has 0 bridgehead atoms. The summed E-state index contributed by atoms with van der Waals surface area (Å²) < 4.78 is 5.46. The minimum atomic E-state index is 0.0249. The molecule has 0 aromatic heterocycles. The number of aliphatic imine (C=N–C) groups is 1. The molecule has 3 aliphatic heterocycles. The molecule has 3 heterocycles. The van der Waals surface area contributed by atoms with Gasteiger partial charge in [0, 0.05) is 42.6 Å². The molecule has 6 nitrogen and oxygen atoms in total. The van der Waals surface area contributed by atoms with Crippen LogP contribution in [0.3, 0.4) is 0 Å². The van der Waals surface area contributed by atoms with Crippen LogP contribution in [0.2, 0.25) is 0 Å². The largest absolute Gasteiger partial charge is 0.378 e. The number of amides is 1. The molecule has 5 rings (SSSR count). The van der Waals surface area contributed by atoms with Crippen molar-refractivity contribution in [1.82, 2.24) is 4.90 Å². The van der Waals surface area contributed by atoms with E-state index in [0.717, 1.165) is 54.0 Å². The summed E-state index contributed by atoms with van der Waals surface area (Å²) >= 11 is 1.47. The molecular formula is C31H40N4O2S. The van der Waals surface area contributed by atoms with Crippen molar-refractivity contribution in [1.29, 1.82) is 0 Å². The molecule has 38 heavy (non-hydrogen) atoms. The Morgan fingerprint density at radius 2 is 1.84 bits per heavy atom. The zero-order chi connectivity index (χ0) is 27.0. The number of carbonyl (C=O) groups excluding carboxylic acids is 1. The van der Waals surface area contributed by atoms with Gasteiger partial charge >= 0.3 is 0 Å². The lowest BCUT2D eigenvalue weighted by Crippen LogP contribution is -2.51. The van der Waals surface area contributed by atoms with Crippen LogP contribution in [0.15, 0.2) is 52.4 Å². The first-order chi connectivity index (χ1) is 18.2. The summed E-state index contributed by atoms with van der Waals surface area (Å²) in [5.74, 6) is 0.488. The van der Waals surface area contributed by atoms with Gasteiger partial charge in [-0.15, -0.1) is 0 Å². The van der Waals surface area contributed by atoms with Crippen molar-refractivity contribution < 1.29 is 9.53 Å². The van der Waals surface area contributed by atoms with E-state index in [1.54, 1.807) is 4.90 Å². The third kappa shape index (κ3) is 5.23. The van der Waals surface area contributed by atoms with Gasteiger partial charge in [-0.1, -0.05) is 13.0 Å². The van der Waals surface area contributed by atoms with Crippen molar-refractivity contribution in [3.63, 3.8) is 0 Å². The van der Waals surface area contributed by atoms with Crippen molar-refractivity contribution in [2.24, 2.45) is 4.99 Å². The Hall–Kier alpha value is -2.77. The van der Waals surface area contributed by atoms with Gasteiger partial charge in [0.2, 0.25) is 0 Å². The SMILES string of the molecule is CCN1C(=O)/C(=C/c2ccc3c(c2)[C@H](C)CC(C)(C)N3C(C)C)SC1=Nc1ccc(N2CCOCC2)cc1. The van der Waals surface area contributed by atoms with Crippen molar-refractivity contribution in [3.8, 4) is 0 Å². The molecule has 0 unspecified atom stereocenters. The summed E-state index contributed by atoms with van der Waals surface area (Å²) in [6, 6.07) is 15.4. The number of likely N-dealkylation sites (N-methyl/N-ethyl adjacent to an activating group) is 1. The van der Waals surface area contributed by atoms with Gasteiger partial charge in [0.25, 0.3) is 5.91 Å². The summed E-state index contributed by atoms with van der Waals surface area (Å²) in [6.45, 7) is 17.5. The Kier molecular flexibility index (Phi) is 7.60. The van der Waals surface area contributed by atoms with E-state index < -0.39 is 0 Å². The van der Waals surface area contributed by atoms with Crippen molar-refractivity contribution >= 4 is 46.0 Å². The van der Waals surface area contributed by atoms with Gasteiger partial charge in [0.15, 0.2) is 5.17 Å². The van der Waals surface area contributed by atoms with E-state index >= 15 is 0 Å². The number of nitrogens with zero attached hydrogens (tertiary/aromatic N) is 4. The molecule has 2 aromatic carbocycles. The predicted octanol–water partition coefficient (Wildman–Crippen LogP) is 6.65. The molecule has 0 saturated carbocycles. The number of carbonyl (C=O) groups is 1. The Morgan fingerprint density at radius 1 is 1.13 bits per heavy atom. The van der Waals surface area contributed by atoms with E-state index in [2.05, 4.69) is 74.8 Å².